The van der Waals surface area contributed by atoms with E-state index in [1.807, 2.05) is 29.2 Å². The van der Waals surface area contributed by atoms with E-state index < -0.39 is 0 Å². The molecule has 1 saturated heterocycles. The van der Waals surface area contributed by atoms with Crippen molar-refractivity contribution in [2.75, 3.05) is 0 Å². The van der Waals surface area contributed by atoms with E-state index in [2.05, 4.69) is 4.98 Å². The quantitative estimate of drug-likeness (QED) is 0.927. The summed E-state index contributed by atoms with van der Waals surface area (Å²) in [6, 6.07) is 7.76. The van der Waals surface area contributed by atoms with Gasteiger partial charge in [0.25, 0.3) is 0 Å². The van der Waals surface area contributed by atoms with Crippen LogP contribution in [0.5, 0.6) is 0 Å². The minimum Gasteiger partial charge on any atom is -0.331 e. The van der Waals surface area contributed by atoms with E-state index in [1.165, 1.54) is 0 Å². The van der Waals surface area contributed by atoms with E-state index in [-0.39, 0.29) is 18.0 Å². The number of nitrogens with two attached hydrogens (primary N) is 1. The fourth-order valence-electron chi connectivity index (χ4n) is 3.34. The Morgan fingerprint density at radius 3 is 2.86 bits per heavy atom. The maximum Gasteiger partial charge on any atom is 0.225 e. The summed E-state index contributed by atoms with van der Waals surface area (Å²) in [4.78, 5) is 18.7. The van der Waals surface area contributed by atoms with Gasteiger partial charge in [-0.2, -0.15) is 0 Å². The molecule has 2 unspecified atom stereocenters. The lowest BCUT2D eigenvalue weighted by Crippen LogP contribution is -2.34. The Labute approximate surface area is 127 Å². The van der Waals surface area contributed by atoms with Crippen LogP contribution in [0.4, 0.5) is 0 Å². The predicted molar refractivity (Wildman–Crippen MR) is 82.0 cm³/mol. The number of carbonyl (C=O) groups is 1. The summed E-state index contributed by atoms with van der Waals surface area (Å²) in [6.07, 6.45) is 4.33. The summed E-state index contributed by atoms with van der Waals surface area (Å²) in [7, 11) is 0. The Balaban J connectivity index is 1.89. The molecule has 21 heavy (non-hydrogen) atoms. The number of benzene rings is 1. The van der Waals surface area contributed by atoms with Crippen LogP contribution in [0, 0.1) is 0 Å². The maximum atomic E-state index is 12.3. The Morgan fingerprint density at radius 1 is 1.29 bits per heavy atom. The van der Waals surface area contributed by atoms with Gasteiger partial charge in [-0.1, -0.05) is 17.7 Å². The van der Waals surface area contributed by atoms with Crippen molar-refractivity contribution in [3.63, 3.8) is 0 Å². The van der Waals surface area contributed by atoms with Crippen molar-refractivity contribution >= 4 is 28.4 Å². The topological polar surface area (TPSA) is 59.2 Å². The third-order valence-corrected chi connectivity index (χ3v) is 4.74. The maximum absolute atomic E-state index is 12.3. The molecule has 0 radical (unpaired) electrons. The fourth-order valence-corrected chi connectivity index (χ4v) is 3.56. The van der Waals surface area contributed by atoms with Crippen LogP contribution >= 0.6 is 11.6 Å². The molecule has 1 saturated carbocycles. The first kappa shape index (κ1) is 13.0. The van der Waals surface area contributed by atoms with Gasteiger partial charge in [-0.15, -0.1) is 0 Å². The summed E-state index contributed by atoms with van der Waals surface area (Å²) < 4.78 is 0. The number of fused-ring (bicyclic) bond motifs is 1. The Hall–Kier alpha value is -1.65. The summed E-state index contributed by atoms with van der Waals surface area (Å²) in [5.41, 5.74) is 8.13. The van der Waals surface area contributed by atoms with Gasteiger partial charge in [0.15, 0.2) is 0 Å². The van der Waals surface area contributed by atoms with Crippen molar-refractivity contribution in [1.29, 1.82) is 0 Å². The average molecular weight is 302 g/mol. The highest BCUT2D eigenvalue weighted by Crippen LogP contribution is 2.43. The normalized spacial score (nSPS) is 25.8. The van der Waals surface area contributed by atoms with Crippen LogP contribution in [-0.2, 0) is 4.79 Å². The largest absolute Gasteiger partial charge is 0.331 e. The first-order valence-electron chi connectivity index (χ1n) is 7.26. The van der Waals surface area contributed by atoms with Gasteiger partial charge in [0.1, 0.15) is 0 Å². The predicted octanol–water partition coefficient (Wildman–Crippen LogP) is 2.65. The number of nitrogens with zero attached hydrogens (tertiary/aromatic N) is 2. The van der Waals surface area contributed by atoms with Gasteiger partial charge >= 0.3 is 0 Å². The molecule has 2 N–H and O–H groups in total. The van der Waals surface area contributed by atoms with Crippen molar-refractivity contribution in [1.82, 2.24) is 9.88 Å². The molecule has 108 valence electrons. The first-order chi connectivity index (χ1) is 10.2. The minimum absolute atomic E-state index is 0.0836. The molecule has 0 bridgehead atoms. The first-order valence-corrected chi connectivity index (χ1v) is 7.64. The second kappa shape index (κ2) is 4.68. The van der Waals surface area contributed by atoms with E-state index in [4.69, 9.17) is 17.3 Å². The molecule has 1 aliphatic carbocycles. The molecule has 2 aromatic rings. The highest BCUT2D eigenvalue weighted by atomic mass is 35.5. The van der Waals surface area contributed by atoms with Gasteiger partial charge < -0.3 is 10.6 Å². The molecule has 0 spiro atoms. The zero-order valence-corrected chi connectivity index (χ0v) is 12.3. The van der Waals surface area contributed by atoms with Crippen molar-refractivity contribution in [2.24, 2.45) is 5.73 Å². The Morgan fingerprint density at radius 2 is 2.10 bits per heavy atom. The molecule has 4 rings (SSSR count). The van der Waals surface area contributed by atoms with Crippen molar-refractivity contribution in [2.45, 2.75) is 37.4 Å². The number of hydrogen-bond donors (Lipinski definition) is 1. The summed E-state index contributed by atoms with van der Waals surface area (Å²) in [5, 5.41) is 1.59. The highest BCUT2D eigenvalue weighted by molar-refractivity contribution is 6.35. The molecule has 4 nitrogen and oxygen atoms in total. The molecule has 2 atom stereocenters. The lowest BCUT2D eigenvalue weighted by atomic mass is 9.97. The minimum atomic E-state index is -0.176. The molecule has 2 heterocycles. The van der Waals surface area contributed by atoms with E-state index in [0.29, 0.717) is 17.5 Å². The number of pyridine rings is 1. The van der Waals surface area contributed by atoms with E-state index in [0.717, 1.165) is 29.3 Å². The van der Waals surface area contributed by atoms with Crippen LogP contribution in [0.2, 0.25) is 5.02 Å². The molecular formula is C16H16ClN3O. The lowest BCUT2D eigenvalue weighted by molar-refractivity contribution is -0.129. The van der Waals surface area contributed by atoms with Crippen molar-refractivity contribution in [3.8, 4) is 0 Å². The number of aromatic nitrogens is 1. The zero-order chi connectivity index (χ0) is 14.6. The second-order valence-electron chi connectivity index (χ2n) is 5.88. The molecule has 1 aliphatic heterocycles. The SMILES string of the molecule is NC1CC(=O)N(C2CC2)C1c1ccc(Cl)c2cccnc12. The van der Waals surface area contributed by atoms with Crippen LogP contribution in [0.3, 0.4) is 0 Å². The molecule has 1 aromatic heterocycles. The highest BCUT2D eigenvalue weighted by Gasteiger charge is 2.46. The third kappa shape index (κ3) is 2.01. The van der Waals surface area contributed by atoms with Crippen molar-refractivity contribution in [3.05, 3.63) is 41.0 Å². The Kier molecular flexibility index (Phi) is 2.91. The second-order valence-corrected chi connectivity index (χ2v) is 6.29. The lowest BCUT2D eigenvalue weighted by Gasteiger charge is -2.28. The third-order valence-electron chi connectivity index (χ3n) is 4.41. The molecule has 1 amide bonds. The molecule has 2 fully saturated rings. The molecule has 1 aromatic carbocycles. The van der Waals surface area contributed by atoms with Gasteiger partial charge in [-0.05, 0) is 31.0 Å². The number of carbonyl (C=O) groups excluding carboxylic acids is 1. The average Bonchev–Trinajstić information content (AvgIpc) is 3.26. The smallest absolute Gasteiger partial charge is 0.225 e. The number of amides is 1. The van der Waals surface area contributed by atoms with Gasteiger partial charge in [-0.25, -0.2) is 0 Å². The number of hydrogen-bond acceptors (Lipinski definition) is 3. The Bertz CT molecular complexity index is 729. The molecule has 5 heteroatoms. The van der Waals surface area contributed by atoms with Gasteiger partial charge in [-0.3, -0.25) is 9.78 Å². The summed E-state index contributed by atoms with van der Waals surface area (Å²) in [6.45, 7) is 0. The van der Waals surface area contributed by atoms with Crippen LogP contribution < -0.4 is 5.73 Å². The number of halogens is 1. The number of rotatable bonds is 2. The zero-order valence-electron chi connectivity index (χ0n) is 11.5. The van der Waals surface area contributed by atoms with Gasteiger partial charge in [0, 0.05) is 40.7 Å². The van der Waals surface area contributed by atoms with E-state index >= 15 is 0 Å². The monoisotopic (exact) mass is 301 g/mol. The van der Waals surface area contributed by atoms with Gasteiger partial charge in [0.05, 0.1) is 11.6 Å². The van der Waals surface area contributed by atoms with Crippen molar-refractivity contribution < 1.29 is 4.79 Å². The van der Waals surface area contributed by atoms with Crippen LogP contribution in [-0.4, -0.2) is 27.9 Å². The standard InChI is InChI=1S/C16H16ClN3O/c17-12-6-5-11(15-10(12)2-1-7-19-15)16-13(18)8-14(21)20(16)9-3-4-9/h1-2,5-7,9,13,16H,3-4,8,18H2. The van der Waals surface area contributed by atoms with Crippen LogP contribution in [0.1, 0.15) is 30.9 Å². The van der Waals surface area contributed by atoms with E-state index in [1.54, 1.807) is 6.20 Å². The molecule has 2 aliphatic rings. The van der Waals surface area contributed by atoms with Gasteiger partial charge in [0.2, 0.25) is 5.91 Å². The summed E-state index contributed by atoms with van der Waals surface area (Å²) >= 11 is 6.26. The fraction of sp³-hybridized carbons (Fsp3) is 0.375. The van der Waals surface area contributed by atoms with Crippen LogP contribution in [0.25, 0.3) is 10.9 Å². The van der Waals surface area contributed by atoms with Crippen LogP contribution in [0.15, 0.2) is 30.5 Å². The summed E-state index contributed by atoms with van der Waals surface area (Å²) in [5.74, 6) is 0.161. The number of likely N-dealkylation sites (tertiary alicyclic amines) is 1. The molecular weight excluding hydrogens is 286 g/mol. The van der Waals surface area contributed by atoms with E-state index in [9.17, 15) is 4.79 Å².